The number of aryl methyl sites for hydroxylation is 3. The van der Waals surface area contributed by atoms with Crippen molar-refractivity contribution in [3.63, 3.8) is 0 Å². The van der Waals surface area contributed by atoms with Crippen LogP contribution in [0.15, 0.2) is 18.2 Å². The number of anilines is 1. The number of thiazole rings is 1. The lowest BCUT2D eigenvalue weighted by atomic mass is 10.1. The largest absolute Gasteiger partial charge is 0.477 e. The molecule has 2 rings (SSSR count). The second kappa shape index (κ2) is 6.70. The molecule has 0 spiro atoms. The summed E-state index contributed by atoms with van der Waals surface area (Å²) in [5.74, 6) is -1.18. The van der Waals surface area contributed by atoms with E-state index in [-0.39, 0.29) is 17.2 Å². The lowest BCUT2D eigenvalue weighted by molar-refractivity contribution is -0.115. The van der Waals surface area contributed by atoms with Crippen LogP contribution in [-0.2, 0) is 17.6 Å². The van der Waals surface area contributed by atoms with Crippen LogP contribution >= 0.6 is 11.3 Å². The van der Waals surface area contributed by atoms with Gasteiger partial charge in [0.25, 0.3) is 0 Å². The Labute approximate surface area is 133 Å². The third-order valence-corrected chi connectivity index (χ3v) is 4.41. The van der Waals surface area contributed by atoms with Crippen molar-refractivity contribution in [2.45, 2.75) is 33.6 Å². The van der Waals surface area contributed by atoms with Gasteiger partial charge >= 0.3 is 5.97 Å². The number of nitrogens with zero attached hydrogens (tertiary/aromatic N) is 1. The predicted octanol–water partition coefficient (Wildman–Crippen LogP) is 3.20. The van der Waals surface area contributed by atoms with Gasteiger partial charge in [0.05, 0.1) is 12.1 Å². The third kappa shape index (κ3) is 3.51. The monoisotopic (exact) mass is 318 g/mol. The van der Waals surface area contributed by atoms with Gasteiger partial charge in [-0.3, -0.25) is 4.79 Å². The van der Waals surface area contributed by atoms with Crippen molar-refractivity contribution in [3.05, 3.63) is 44.9 Å². The maximum absolute atomic E-state index is 12.2. The fraction of sp³-hybridized carbons (Fsp3) is 0.312. The van der Waals surface area contributed by atoms with Crippen LogP contribution in [0.25, 0.3) is 0 Å². The van der Waals surface area contributed by atoms with Crippen molar-refractivity contribution in [3.8, 4) is 0 Å². The standard InChI is InChI=1S/C16H18N2O3S/c1-4-11-15(16(20)21)22-13(17-11)8-12(19)18-14-9(2)6-5-7-10(14)3/h5-7H,4,8H2,1-3H3,(H,18,19)(H,20,21). The summed E-state index contributed by atoms with van der Waals surface area (Å²) in [7, 11) is 0. The van der Waals surface area contributed by atoms with Crippen molar-refractivity contribution < 1.29 is 14.7 Å². The van der Waals surface area contributed by atoms with Crippen molar-refractivity contribution in [2.75, 3.05) is 5.32 Å². The summed E-state index contributed by atoms with van der Waals surface area (Å²) in [6, 6.07) is 5.81. The van der Waals surface area contributed by atoms with Crippen molar-refractivity contribution in [1.82, 2.24) is 4.98 Å². The number of para-hydroxylation sites is 1. The van der Waals surface area contributed by atoms with Crippen LogP contribution in [0.3, 0.4) is 0 Å². The average Bonchev–Trinajstić information content (AvgIpc) is 2.86. The van der Waals surface area contributed by atoms with Crippen molar-refractivity contribution in [1.29, 1.82) is 0 Å². The fourth-order valence-corrected chi connectivity index (χ4v) is 3.21. The first-order valence-electron chi connectivity index (χ1n) is 7.00. The third-order valence-electron chi connectivity index (χ3n) is 3.33. The molecule has 0 saturated heterocycles. The van der Waals surface area contributed by atoms with Gasteiger partial charge in [0.1, 0.15) is 9.88 Å². The highest BCUT2D eigenvalue weighted by molar-refractivity contribution is 7.13. The minimum absolute atomic E-state index is 0.0821. The number of nitrogens with one attached hydrogen (secondary N) is 1. The van der Waals surface area contributed by atoms with Gasteiger partial charge in [-0.25, -0.2) is 9.78 Å². The van der Waals surface area contributed by atoms with Gasteiger partial charge in [0.2, 0.25) is 5.91 Å². The zero-order valence-corrected chi connectivity index (χ0v) is 13.6. The highest BCUT2D eigenvalue weighted by Crippen LogP contribution is 2.22. The first-order valence-corrected chi connectivity index (χ1v) is 7.82. The van der Waals surface area contributed by atoms with E-state index < -0.39 is 5.97 Å². The molecule has 5 nitrogen and oxygen atoms in total. The Hall–Kier alpha value is -2.21. The van der Waals surface area contributed by atoms with Gasteiger partial charge in [0.15, 0.2) is 0 Å². The van der Waals surface area contributed by atoms with E-state index >= 15 is 0 Å². The van der Waals surface area contributed by atoms with Crippen molar-refractivity contribution in [2.24, 2.45) is 0 Å². The Bertz CT molecular complexity index is 702. The van der Waals surface area contributed by atoms with Crippen molar-refractivity contribution >= 4 is 28.9 Å². The zero-order chi connectivity index (χ0) is 16.3. The number of hydrogen-bond donors (Lipinski definition) is 2. The van der Waals surface area contributed by atoms with E-state index in [2.05, 4.69) is 10.3 Å². The molecular formula is C16H18N2O3S. The predicted molar refractivity (Wildman–Crippen MR) is 86.7 cm³/mol. The topological polar surface area (TPSA) is 79.3 Å². The Kier molecular flexibility index (Phi) is 4.92. The molecule has 6 heteroatoms. The highest BCUT2D eigenvalue weighted by atomic mass is 32.1. The van der Waals surface area contributed by atoms with Crippen LogP contribution in [-0.4, -0.2) is 22.0 Å². The Morgan fingerprint density at radius 1 is 1.27 bits per heavy atom. The maximum Gasteiger partial charge on any atom is 0.347 e. The minimum Gasteiger partial charge on any atom is -0.477 e. The molecule has 0 bridgehead atoms. The number of carbonyl (C=O) groups is 2. The van der Waals surface area contributed by atoms with Crippen LogP contribution in [0.4, 0.5) is 5.69 Å². The number of hydrogen-bond acceptors (Lipinski definition) is 4. The number of amides is 1. The van der Waals surface area contributed by atoms with Gasteiger partial charge in [-0.05, 0) is 31.4 Å². The van der Waals surface area contributed by atoms with E-state index in [1.54, 1.807) is 0 Å². The van der Waals surface area contributed by atoms with Gasteiger partial charge < -0.3 is 10.4 Å². The molecule has 1 aromatic heterocycles. The number of benzene rings is 1. The molecule has 0 radical (unpaired) electrons. The zero-order valence-electron chi connectivity index (χ0n) is 12.8. The van der Waals surface area contributed by atoms with Gasteiger partial charge in [-0.15, -0.1) is 11.3 Å². The summed E-state index contributed by atoms with van der Waals surface area (Å²) in [6.07, 6.45) is 0.620. The van der Waals surface area contributed by atoms with E-state index in [4.69, 9.17) is 5.11 Å². The van der Waals surface area contributed by atoms with E-state index in [1.165, 1.54) is 0 Å². The molecule has 22 heavy (non-hydrogen) atoms. The molecule has 0 aliphatic heterocycles. The fourth-order valence-electron chi connectivity index (χ4n) is 2.22. The molecule has 0 fully saturated rings. The van der Waals surface area contributed by atoms with Crippen LogP contribution in [0.2, 0.25) is 0 Å². The summed E-state index contributed by atoms with van der Waals surface area (Å²) < 4.78 is 0. The molecule has 0 aliphatic rings. The molecule has 1 amide bonds. The Balaban J connectivity index is 2.14. The molecule has 1 aromatic carbocycles. The normalized spacial score (nSPS) is 10.5. The summed E-state index contributed by atoms with van der Waals surface area (Å²) in [6.45, 7) is 5.72. The lowest BCUT2D eigenvalue weighted by Gasteiger charge is -2.10. The van der Waals surface area contributed by atoms with Gasteiger partial charge in [-0.1, -0.05) is 25.1 Å². The van der Waals surface area contributed by atoms with Gasteiger partial charge in [0, 0.05) is 5.69 Å². The number of rotatable bonds is 5. The van der Waals surface area contributed by atoms with E-state index in [0.29, 0.717) is 17.1 Å². The molecule has 2 aromatic rings. The van der Waals surface area contributed by atoms with E-state index in [0.717, 1.165) is 28.2 Å². The minimum atomic E-state index is -0.990. The van der Waals surface area contributed by atoms with Gasteiger partial charge in [-0.2, -0.15) is 0 Å². The summed E-state index contributed by atoms with van der Waals surface area (Å²) in [4.78, 5) is 27.8. The Morgan fingerprint density at radius 3 is 2.41 bits per heavy atom. The SMILES string of the molecule is CCc1nc(CC(=O)Nc2c(C)cccc2C)sc1C(=O)O. The quantitative estimate of drug-likeness (QED) is 0.887. The molecular weight excluding hydrogens is 300 g/mol. The molecule has 0 aliphatic carbocycles. The van der Waals surface area contributed by atoms with Crippen LogP contribution in [0.5, 0.6) is 0 Å². The summed E-state index contributed by atoms with van der Waals surface area (Å²) in [5, 5.41) is 12.5. The van der Waals surface area contributed by atoms with E-state index in [1.807, 2.05) is 39.0 Å². The average molecular weight is 318 g/mol. The molecule has 0 atom stereocenters. The highest BCUT2D eigenvalue weighted by Gasteiger charge is 2.18. The number of carbonyl (C=O) groups excluding carboxylic acids is 1. The first kappa shape index (κ1) is 16.2. The molecule has 2 N–H and O–H groups in total. The van der Waals surface area contributed by atoms with Crippen LogP contribution in [0.1, 0.15) is 38.4 Å². The Morgan fingerprint density at radius 2 is 1.91 bits per heavy atom. The summed E-state index contributed by atoms with van der Waals surface area (Å²) in [5.41, 5.74) is 3.33. The number of carboxylic acid groups (broad SMARTS) is 1. The smallest absolute Gasteiger partial charge is 0.347 e. The molecule has 116 valence electrons. The lowest BCUT2D eigenvalue weighted by Crippen LogP contribution is -2.16. The number of carboxylic acids is 1. The molecule has 0 unspecified atom stereocenters. The second-order valence-corrected chi connectivity index (χ2v) is 6.12. The molecule has 0 saturated carbocycles. The maximum atomic E-state index is 12.2. The second-order valence-electron chi connectivity index (χ2n) is 5.03. The first-order chi connectivity index (χ1) is 10.4. The molecule has 1 heterocycles. The van der Waals surface area contributed by atoms with E-state index in [9.17, 15) is 9.59 Å². The van der Waals surface area contributed by atoms with Crippen LogP contribution < -0.4 is 5.32 Å². The number of aromatic nitrogens is 1. The summed E-state index contributed by atoms with van der Waals surface area (Å²) >= 11 is 1.07. The number of aromatic carboxylic acids is 1. The van der Waals surface area contributed by atoms with Crippen LogP contribution in [0, 0.1) is 13.8 Å².